The Kier molecular flexibility index (Phi) is 4.99. The number of hydrogen-bond acceptors (Lipinski definition) is 4. The van der Waals surface area contributed by atoms with E-state index in [1.54, 1.807) is 11.9 Å². The summed E-state index contributed by atoms with van der Waals surface area (Å²) in [5.41, 5.74) is 3.90. The van der Waals surface area contributed by atoms with Crippen LogP contribution in [-0.2, 0) is 0 Å². The van der Waals surface area contributed by atoms with Crippen molar-refractivity contribution in [3.8, 4) is 0 Å². The molecule has 0 radical (unpaired) electrons. The molecule has 0 unspecified atom stereocenters. The molecule has 0 aromatic heterocycles. The summed E-state index contributed by atoms with van der Waals surface area (Å²) in [7, 11) is 4.37. The van der Waals surface area contributed by atoms with E-state index in [0.29, 0.717) is 0 Å². The smallest absolute Gasteiger partial charge is 0.0679 e. The molecule has 1 aliphatic heterocycles. The largest absolute Gasteiger partial charge is 0.370 e. The van der Waals surface area contributed by atoms with Gasteiger partial charge in [0, 0.05) is 25.4 Å². The highest BCUT2D eigenvalue weighted by molar-refractivity contribution is 7.99. The van der Waals surface area contributed by atoms with Gasteiger partial charge in [0.05, 0.1) is 11.4 Å². The number of nitrogens with zero attached hydrogens (tertiary/aromatic N) is 2. The van der Waals surface area contributed by atoms with E-state index in [4.69, 9.17) is 0 Å². The van der Waals surface area contributed by atoms with Gasteiger partial charge in [-0.25, -0.2) is 0 Å². The Bertz CT molecular complexity index is 412. The summed E-state index contributed by atoms with van der Waals surface area (Å²) in [6, 6.07) is 7.44. The van der Waals surface area contributed by atoms with E-state index in [0.717, 1.165) is 19.1 Å². The minimum atomic E-state index is 0.735. The summed E-state index contributed by atoms with van der Waals surface area (Å²) in [4.78, 5) is 4.87. The van der Waals surface area contributed by atoms with Gasteiger partial charge in [0.25, 0.3) is 0 Å². The van der Waals surface area contributed by atoms with Crippen LogP contribution in [0.4, 0.5) is 11.4 Å². The van der Waals surface area contributed by atoms with Gasteiger partial charge in [-0.15, -0.1) is 0 Å². The Labute approximate surface area is 121 Å². The van der Waals surface area contributed by atoms with Crippen LogP contribution in [0.1, 0.15) is 18.4 Å². The van der Waals surface area contributed by atoms with Crippen molar-refractivity contribution < 1.29 is 0 Å². The predicted octanol–water partition coefficient (Wildman–Crippen LogP) is 3.22. The SMILES string of the molecule is CSNc1cc(C)ccc1N1CCC(N(C)C)CC1. The van der Waals surface area contributed by atoms with Crippen molar-refractivity contribution in [2.75, 3.05) is 43.1 Å². The van der Waals surface area contributed by atoms with Gasteiger partial charge < -0.3 is 14.5 Å². The first kappa shape index (κ1) is 14.5. The van der Waals surface area contributed by atoms with E-state index >= 15 is 0 Å². The molecule has 0 saturated carbocycles. The van der Waals surface area contributed by atoms with Crippen LogP contribution in [0.2, 0.25) is 0 Å². The lowest BCUT2D eigenvalue weighted by atomic mass is 10.0. The van der Waals surface area contributed by atoms with Gasteiger partial charge in [0.2, 0.25) is 0 Å². The van der Waals surface area contributed by atoms with Crippen molar-refractivity contribution in [2.45, 2.75) is 25.8 Å². The quantitative estimate of drug-likeness (QED) is 0.853. The number of rotatable bonds is 4. The van der Waals surface area contributed by atoms with Gasteiger partial charge in [-0.3, -0.25) is 0 Å². The molecule has 1 N–H and O–H groups in total. The van der Waals surface area contributed by atoms with Crippen LogP contribution in [0.5, 0.6) is 0 Å². The Hall–Kier alpha value is -0.870. The molecule has 1 aliphatic rings. The third kappa shape index (κ3) is 3.57. The Morgan fingerprint density at radius 1 is 1.26 bits per heavy atom. The summed E-state index contributed by atoms with van der Waals surface area (Å²) in [6.45, 7) is 4.44. The van der Waals surface area contributed by atoms with Gasteiger partial charge in [0.1, 0.15) is 0 Å². The second-order valence-corrected chi connectivity index (χ2v) is 6.12. The molecule has 1 fully saturated rings. The van der Waals surface area contributed by atoms with Crippen LogP contribution in [0.25, 0.3) is 0 Å². The standard InChI is InChI=1S/C15H25N3S/c1-12-5-6-15(14(11-12)16-19-4)18-9-7-13(8-10-18)17(2)3/h5-6,11,13,16H,7-10H2,1-4H3. The number of benzene rings is 1. The minimum Gasteiger partial charge on any atom is -0.370 e. The Balaban J connectivity index is 2.10. The van der Waals surface area contributed by atoms with Gasteiger partial charge in [-0.2, -0.15) is 0 Å². The monoisotopic (exact) mass is 279 g/mol. The molecule has 0 aliphatic carbocycles. The zero-order valence-corrected chi connectivity index (χ0v) is 13.3. The fourth-order valence-corrected chi connectivity index (χ4v) is 3.12. The Morgan fingerprint density at radius 2 is 1.95 bits per heavy atom. The highest BCUT2D eigenvalue weighted by Crippen LogP contribution is 2.31. The zero-order chi connectivity index (χ0) is 13.8. The van der Waals surface area contributed by atoms with E-state index in [-0.39, 0.29) is 0 Å². The lowest BCUT2D eigenvalue weighted by Gasteiger charge is -2.37. The summed E-state index contributed by atoms with van der Waals surface area (Å²) in [5.74, 6) is 0. The molecule has 0 bridgehead atoms. The summed E-state index contributed by atoms with van der Waals surface area (Å²) in [5, 5.41) is 0. The molecule has 2 rings (SSSR count). The van der Waals surface area contributed by atoms with Crippen LogP contribution >= 0.6 is 11.9 Å². The first-order chi connectivity index (χ1) is 9.11. The van der Waals surface area contributed by atoms with Crippen molar-refractivity contribution in [3.05, 3.63) is 23.8 Å². The van der Waals surface area contributed by atoms with Crippen molar-refractivity contribution in [3.63, 3.8) is 0 Å². The third-order valence-electron chi connectivity index (χ3n) is 3.90. The predicted molar refractivity (Wildman–Crippen MR) is 87.2 cm³/mol. The molecule has 0 amide bonds. The van der Waals surface area contributed by atoms with Crippen LogP contribution in [0.15, 0.2) is 18.2 Å². The molecule has 19 heavy (non-hydrogen) atoms. The average molecular weight is 279 g/mol. The van der Waals surface area contributed by atoms with Gasteiger partial charge in [-0.05, 0) is 51.6 Å². The molecule has 0 spiro atoms. The van der Waals surface area contributed by atoms with E-state index in [2.05, 4.69) is 60.0 Å². The molecule has 1 saturated heterocycles. The molecule has 106 valence electrons. The van der Waals surface area contributed by atoms with Crippen molar-refractivity contribution in [1.82, 2.24) is 4.90 Å². The first-order valence-electron chi connectivity index (χ1n) is 6.93. The normalized spacial score (nSPS) is 17.0. The average Bonchev–Trinajstić information content (AvgIpc) is 2.39. The fourth-order valence-electron chi connectivity index (χ4n) is 2.74. The molecular formula is C15H25N3S. The summed E-state index contributed by atoms with van der Waals surface area (Å²) < 4.78 is 3.41. The molecule has 0 atom stereocenters. The number of piperidine rings is 1. The van der Waals surface area contributed by atoms with Crippen LogP contribution in [0.3, 0.4) is 0 Å². The van der Waals surface area contributed by atoms with Crippen molar-refractivity contribution in [1.29, 1.82) is 0 Å². The minimum absolute atomic E-state index is 0.735. The maximum Gasteiger partial charge on any atom is 0.0679 e. The molecule has 1 heterocycles. The van der Waals surface area contributed by atoms with E-state index < -0.39 is 0 Å². The first-order valence-corrected chi connectivity index (χ1v) is 8.15. The van der Waals surface area contributed by atoms with E-state index in [1.165, 1.54) is 29.8 Å². The second-order valence-electron chi connectivity index (χ2n) is 5.51. The highest BCUT2D eigenvalue weighted by Gasteiger charge is 2.22. The molecular weight excluding hydrogens is 254 g/mol. The van der Waals surface area contributed by atoms with Gasteiger partial charge in [0.15, 0.2) is 0 Å². The van der Waals surface area contributed by atoms with Gasteiger partial charge in [-0.1, -0.05) is 18.0 Å². The number of nitrogens with one attached hydrogen (secondary N) is 1. The summed E-state index contributed by atoms with van der Waals surface area (Å²) in [6.07, 6.45) is 4.57. The van der Waals surface area contributed by atoms with Crippen molar-refractivity contribution in [2.24, 2.45) is 0 Å². The number of aryl methyl sites for hydroxylation is 1. The number of anilines is 2. The Morgan fingerprint density at radius 3 is 2.53 bits per heavy atom. The fraction of sp³-hybridized carbons (Fsp3) is 0.600. The lowest BCUT2D eigenvalue weighted by Crippen LogP contribution is -2.42. The lowest BCUT2D eigenvalue weighted by molar-refractivity contribution is 0.250. The number of hydrogen-bond donors (Lipinski definition) is 1. The van der Waals surface area contributed by atoms with E-state index in [9.17, 15) is 0 Å². The van der Waals surface area contributed by atoms with Gasteiger partial charge >= 0.3 is 0 Å². The summed E-state index contributed by atoms with van der Waals surface area (Å²) >= 11 is 1.66. The second kappa shape index (κ2) is 6.53. The van der Waals surface area contributed by atoms with Crippen LogP contribution in [-0.4, -0.2) is 44.4 Å². The maximum atomic E-state index is 3.41. The zero-order valence-electron chi connectivity index (χ0n) is 12.4. The van der Waals surface area contributed by atoms with Crippen molar-refractivity contribution >= 4 is 23.3 Å². The third-order valence-corrected chi connectivity index (χ3v) is 4.32. The van der Waals surface area contributed by atoms with Crippen LogP contribution < -0.4 is 9.62 Å². The highest BCUT2D eigenvalue weighted by atomic mass is 32.2. The topological polar surface area (TPSA) is 18.5 Å². The maximum absolute atomic E-state index is 3.41. The van der Waals surface area contributed by atoms with Crippen LogP contribution in [0, 0.1) is 6.92 Å². The van der Waals surface area contributed by atoms with E-state index in [1.807, 2.05) is 0 Å². The molecule has 1 aromatic rings. The molecule has 4 heteroatoms. The molecule has 1 aromatic carbocycles. The molecule has 3 nitrogen and oxygen atoms in total.